The van der Waals surface area contributed by atoms with Crippen LogP contribution in [0.1, 0.15) is 12.8 Å². The van der Waals surface area contributed by atoms with E-state index in [2.05, 4.69) is 5.16 Å². The second-order valence-corrected chi connectivity index (χ2v) is 6.64. The molecule has 0 aromatic carbocycles. The second-order valence-electron chi connectivity index (χ2n) is 6.64. The van der Waals surface area contributed by atoms with Gasteiger partial charge in [-0.15, -0.1) is 0 Å². The lowest BCUT2D eigenvalue weighted by Gasteiger charge is -2.32. The number of hydrogen-bond acceptors (Lipinski definition) is 5. The van der Waals surface area contributed by atoms with Crippen LogP contribution >= 0.6 is 0 Å². The molecule has 0 radical (unpaired) electrons. The first kappa shape index (κ1) is 14.9. The van der Waals surface area contributed by atoms with E-state index in [9.17, 15) is 14.0 Å². The molecule has 3 heterocycles. The lowest BCUT2D eigenvalue weighted by atomic mass is 9.82. The summed E-state index contributed by atoms with van der Waals surface area (Å²) in [5, 5.41) is 3.97. The molecule has 0 unspecified atom stereocenters. The Morgan fingerprint density at radius 1 is 1.13 bits per heavy atom. The smallest absolute Gasteiger partial charge is 0.272 e. The van der Waals surface area contributed by atoms with E-state index in [1.165, 1.54) is 0 Å². The van der Waals surface area contributed by atoms with E-state index < -0.39 is 6.17 Å². The molecule has 0 aromatic heterocycles. The first-order chi connectivity index (χ1) is 11.1. The number of halogens is 1. The number of nitrogens with zero attached hydrogens (tertiary/aromatic N) is 3. The lowest BCUT2D eigenvalue weighted by molar-refractivity contribution is -0.140. The molecule has 1 aliphatic carbocycles. The summed E-state index contributed by atoms with van der Waals surface area (Å²) >= 11 is 0. The van der Waals surface area contributed by atoms with E-state index in [4.69, 9.17) is 9.57 Å². The van der Waals surface area contributed by atoms with Crippen molar-refractivity contribution in [3.05, 3.63) is 0 Å². The third-order valence-corrected chi connectivity index (χ3v) is 5.16. The van der Waals surface area contributed by atoms with Gasteiger partial charge in [-0.1, -0.05) is 5.16 Å². The molecule has 3 fully saturated rings. The Balaban J connectivity index is 1.39. The first-order valence-electron chi connectivity index (χ1n) is 8.17. The standard InChI is InChI=1S/C15H20FN3O4/c16-10-5-9(6-10)14(20)19-7-11-12(8-19)23-17-13(11)15(21)18-1-3-22-4-2-18/h9-12H,1-8H2/t9?,10?,11-,12+/m0/s1. The van der Waals surface area contributed by atoms with Crippen molar-refractivity contribution in [1.29, 1.82) is 0 Å². The van der Waals surface area contributed by atoms with Crippen LogP contribution in [0.2, 0.25) is 0 Å². The summed E-state index contributed by atoms with van der Waals surface area (Å²) in [6, 6.07) is 0. The number of rotatable bonds is 2. The summed E-state index contributed by atoms with van der Waals surface area (Å²) in [4.78, 5) is 33.7. The summed E-state index contributed by atoms with van der Waals surface area (Å²) in [5.74, 6) is -0.521. The zero-order valence-corrected chi connectivity index (χ0v) is 12.8. The number of morpholine rings is 1. The third kappa shape index (κ3) is 2.58. The molecule has 0 spiro atoms. The Labute approximate surface area is 133 Å². The van der Waals surface area contributed by atoms with Gasteiger partial charge in [0.1, 0.15) is 6.17 Å². The predicted octanol–water partition coefficient (Wildman–Crippen LogP) is -0.193. The van der Waals surface area contributed by atoms with Crippen molar-refractivity contribution >= 4 is 17.5 Å². The van der Waals surface area contributed by atoms with E-state index in [-0.39, 0.29) is 29.8 Å². The zero-order valence-electron chi connectivity index (χ0n) is 12.8. The van der Waals surface area contributed by atoms with E-state index in [0.29, 0.717) is 57.9 Å². The van der Waals surface area contributed by atoms with Gasteiger partial charge in [0.2, 0.25) is 5.91 Å². The highest BCUT2D eigenvalue weighted by molar-refractivity contribution is 6.40. The fraction of sp³-hybridized carbons (Fsp3) is 0.800. The molecule has 8 heteroatoms. The number of likely N-dealkylation sites (tertiary alicyclic amines) is 1. The number of fused-ring (bicyclic) bond motifs is 1. The van der Waals surface area contributed by atoms with Crippen LogP contribution in [0.3, 0.4) is 0 Å². The third-order valence-electron chi connectivity index (χ3n) is 5.16. The molecule has 2 atom stereocenters. The van der Waals surface area contributed by atoms with Crippen LogP contribution in [0.4, 0.5) is 4.39 Å². The first-order valence-corrected chi connectivity index (χ1v) is 8.17. The van der Waals surface area contributed by atoms with Gasteiger partial charge in [-0.05, 0) is 12.8 Å². The highest BCUT2D eigenvalue weighted by atomic mass is 19.1. The summed E-state index contributed by atoms with van der Waals surface area (Å²) in [6.07, 6.45) is -0.458. The fourth-order valence-corrected chi connectivity index (χ4v) is 3.65. The van der Waals surface area contributed by atoms with Crippen molar-refractivity contribution < 1.29 is 23.6 Å². The summed E-state index contributed by atoms with van der Waals surface area (Å²) < 4.78 is 18.2. The van der Waals surface area contributed by atoms with Gasteiger partial charge < -0.3 is 19.4 Å². The maximum absolute atomic E-state index is 12.9. The number of amides is 2. The van der Waals surface area contributed by atoms with Gasteiger partial charge in [0.25, 0.3) is 5.91 Å². The normalized spacial score (nSPS) is 36.1. The zero-order chi connectivity index (χ0) is 16.0. The monoisotopic (exact) mass is 325 g/mol. The van der Waals surface area contributed by atoms with Gasteiger partial charge in [0.15, 0.2) is 11.8 Å². The van der Waals surface area contributed by atoms with Crippen LogP contribution in [0.15, 0.2) is 5.16 Å². The van der Waals surface area contributed by atoms with Gasteiger partial charge in [-0.3, -0.25) is 9.59 Å². The van der Waals surface area contributed by atoms with Crippen molar-refractivity contribution in [1.82, 2.24) is 9.80 Å². The quantitative estimate of drug-likeness (QED) is 0.705. The molecule has 0 N–H and O–H groups in total. The van der Waals surface area contributed by atoms with Crippen LogP contribution in [0, 0.1) is 11.8 Å². The van der Waals surface area contributed by atoms with Crippen LogP contribution in [0.5, 0.6) is 0 Å². The SMILES string of the molecule is O=C(C1=NO[C@@H]2CN(C(=O)C3CC(F)C3)C[C@H]12)N1CCOCC1. The topological polar surface area (TPSA) is 71.4 Å². The largest absolute Gasteiger partial charge is 0.389 e. The number of ether oxygens (including phenoxy) is 1. The minimum atomic E-state index is -0.845. The van der Waals surface area contributed by atoms with Gasteiger partial charge in [0, 0.05) is 25.6 Å². The maximum atomic E-state index is 12.9. The summed E-state index contributed by atoms with van der Waals surface area (Å²) in [5.41, 5.74) is 0.407. The van der Waals surface area contributed by atoms with E-state index in [1.54, 1.807) is 9.80 Å². The van der Waals surface area contributed by atoms with Gasteiger partial charge in [-0.25, -0.2) is 4.39 Å². The van der Waals surface area contributed by atoms with Crippen molar-refractivity contribution in [3.63, 3.8) is 0 Å². The molecule has 3 aliphatic heterocycles. The Morgan fingerprint density at radius 2 is 1.87 bits per heavy atom. The number of hydrogen-bond donors (Lipinski definition) is 0. The molecular weight excluding hydrogens is 305 g/mol. The van der Waals surface area contributed by atoms with Crippen molar-refractivity contribution in [2.45, 2.75) is 25.1 Å². The van der Waals surface area contributed by atoms with Crippen molar-refractivity contribution in [2.75, 3.05) is 39.4 Å². The van der Waals surface area contributed by atoms with Crippen LogP contribution < -0.4 is 0 Å². The molecular formula is C15H20FN3O4. The minimum absolute atomic E-state index is 0.0185. The van der Waals surface area contributed by atoms with Gasteiger partial charge in [0.05, 0.1) is 25.7 Å². The van der Waals surface area contributed by atoms with Crippen molar-refractivity contribution in [3.8, 4) is 0 Å². The molecule has 2 amide bonds. The van der Waals surface area contributed by atoms with E-state index in [1.807, 2.05) is 0 Å². The molecule has 0 aromatic rings. The predicted molar refractivity (Wildman–Crippen MR) is 77.4 cm³/mol. The minimum Gasteiger partial charge on any atom is -0.389 e. The van der Waals surface area contributed by atoms with Crippen LogP contribution in [0.25, 0.3) is 0 Å². The average molecular weight is 325 g/mol. The molecule has 7 nitrogen and oxygen atoms in total. The number of oxime groups is 1. The second kappa shape index (κ2) is 5.74. The van der Waals surface area contributed by atoms with E-state index in [0.717, 1.165) is 0 Å². The van der Waals surface area contributed by atoms with Crippen LogP contribution in [-0.2, 0) is 19.2 Å². The molecule has 126 valence electrons. The van der Waals surface area contributed by atoms with E-state index >= 15 is 0 Å². The number of carbonyl (C=O) groups is 2. The number of alkyl halides is 1. The molecule has 2 saturated heterocycles. The molecule has 0 bridgehead atoms. The summed E-state index contributed by atoms with van der Waals surface area (Å²) in [6.45, 7) is 3.04. The Bertz CT molecular complexity index is 543. The fourth-order valence-electron chi connectivity index (χ4n) is 3.65. The molecule has 4 aliphatic rings. The van der Waals surface area contributed by atoms with Gasteiger partial charge in [-0.2, -0.15) is 0 Å². The molecule has 23 heavy (non-hydrogen) atoms. The average Bonchev–Trinajstić information content (AvgIpc) is 3.12. The Kier molecular flexibility index (Phi) is 3.71. The maximum Gasteiger partial charge on any atom is 0.272 e. The number of carbonyl (C=O) groups excluding carboxylic acids is 2. The lowest BCUT2D eigenvalue weighted by Crippen LogP contribution is -2.46. The Morgan fingerprint density at radius 3 is 2.57 bits per heavy atom. The Hall–Kier alpha value is -1.70. The summed E-state index contributed by atoms with van der Waals surface area (Å²) in [7, 11) is 0. The van der Waals surface area contributed by atoms with Crippen molar-refractivity contribution in [2.24, 2.45) is 17.0 Å². The van der Waals surface area contributed by atoms with Gasteiger partial charge >= 0.3 is 0 Å². The molecule has 1 saturated carbocycles. The molecule has 4 rings (SSSR count). The highest BCUT2D eigenvalue weighted by Gasteiger charge is 2.49. The van der Waals surface area contributed by atoms with Crippen LogP contribution in [-0.4, -0.2) is 79.0 Å². The highest BCUT2D eigenvalue weighted by Crippen LogP contribution is 2.35.